The normalized spacial score (nSPS) is 14.7. The van der Waals surface area contributed by atoms with Crippen LogP contribution in [0.15, 0.2) is 36.5 Å². The van der Waals surface area contributed by atoms with Crippen LogP contribution >= 0.6 is 7.82 Å². The summed E-state index contributed by atoms with van der Waals surface area (Å²) in [5.74, 6) is -0.192. The monoisotopic (exact) mass is 798 g/mol. The molecule has 324 valence electrons. The van der Waals surface area contributed by atoms with Gasteiger partial charge in [-0.2, -0.15) is 0 Å². The molecular weight excluding hydrogens is 707 g/mol. The highest BCUT2D eigenvalue weighted by Crippen LogP contribution is 2.43. The Morgan fingerprint density at radius 1 is 0.600 bits per heavy atom. The van der Waals surface area contributed by atoms with Crippen molar-refractivity contribution in [3.8, 4) is 0 Å². The highest BCUT2D eigenvalue weighted by Gasteiger charge is 2.27. The van der Waals surface area contributed by atoms with Crippen LogP contribution in [0.25, 0.3) is 0 Å². The van der Waals surface area contributed by atoms with Crippen LogP contribution in [0.5, 0.6) is 0 Å². The predicted octanol–water partition coefficient (Wildman–Crippen LogP) is 12.7. The maximum atomic E-state index is 12.9. The summed E-state index contributed by atoms with van der Waals surface area (Å²) in [5, 5.41) is 13.8. The zero-order valence-corrected chi connectivity index (χ0v) is 37.6. The lowest BCUT2D eigenvalue weighted by Crippen LogP contribution is -2.45. The van der Waals surface area contributed by atoms with Crippen LogP contribution in [0.1, 0.15) is 200 Å². The highest BCUT2D eigenvalue weighted by molar-refractivity contribution is 7.47. The van der Waals surface area contributed by atoms with Crippen LogP contribution in [0.2, 0.25) is 0 Å². The second-order valence-electron chi connectivity index (χ2n) is 16.8. The minimum absolute atomic E-state index is 0.0553. The molecule has 3 unspecified atom stereocenters. The lowest BCUT2D eigenvalue weighted by Gasteiger charge is -2.25. The number of aliphatic hydroxyl groups excluding tert-OH is 1. The van der Waals surface area contributed by atoms with Crippen LogP contribution in [0, 0.1) is 0 Å². The molecule has 9 heteroatoms. The Morgan fingerprint density at radius 3 is 1.45 bits per heavy atom. The Morgan fingerprint density at radius 2 is 1.00 bits per heavy atom. The van der Waals surface area contributed by atoms with Gasteiger partial charge < -0.3 is 19.8 Å². The van der Waals surface area contributed by atoms with Gasteiger partial charge in [-0.25, -0.2) is 4.57 Å². The number of quaternary nitrogens is 1. The third-order valence-electron chi connectivity index (χ3n) is 10.1. The molecule has 0 aliphatic heterocycles. The molecule has 0 radical (unpaired) electrons. The summed E-state index contributed by atoms with van der Waals surface area (Å²) in [5.41, 5.74) is 0. The second kappa shape index (κ2) is 38.2. The molecule has 0 saturated carbocycles. The maximum absolute atomic E-state index is 12.9. The Bertz CT molecular complexity index is 995. The van der Waals surface area contributed by atoms with Crippen LogP contribution in [0.3, 0.4) is 0 Å². The number of carbonyl (C=O) groups excluding carboxylic acids is 1. The number of phosphoric ester groups is 1. The standard InChI is InChI=1S/C46H89N2O6P/c1-6-8-10-12-14-16-18-20-21-22-23-24-25-26-28-30-32-34-36-38-40-46(50)47-44(43-54-55(51,52)53-42-41-48(3,4)5)45(49)39-37-35-33-31-29-27-19-17-15-13-11-9-7-2/h23-24,29,31,37,39,44-45,49H,6-22,25-28,30,32-36,38,40-43H2,1-5H3,(H-,47,50,51,52)/p+1/b24-23-,31-29+,39-37+. The van der Waals surface area contributed by atoms with Gasteiger partial charge >= 0.3 is 7.82 Å². The molecule has 0 rings (SSSR count). The fourth-order valence-electron chi connectivity index (χ4n) is 6.40. The first kappa shape index (κ1) is 53.7. The zero-order chi connectivity index (χ0) is 40.7. The van der Waals surface area contributed by atoms with E-state index in [4.69, 9.17) is 9.05 Å². The maximum Gasteiger partial charge on any atom is 0.472 e. The number of amides is 1. The van der Waals surface area contributed by atoms with Gasteiger partial charge in [0.25, 0.3) is 0 Å². The number of allylic oxidation sites excluding steroid dienone is 5. The molecule has 3 atom stereocenters. The molecule has 0 aliphatic rings. The molecule has 0 saturated heterocycles. The summed E-state index contributed by atoms with van der Waals surface area (Å²) in [6.07, 6.45) is 46.5. The number of carbonyl (C=O) groups is 1. The number of likely N-dealkylation sites (N-methyl/N-ethyl adjacent to an activating group) is 1. The Hall–Kier alpha value is -1.28. The van der Waals surface area contributed by atoms with E-state index in [1.165, 1.54) is 141 Å². The van der Waals surface area contributed by atoms with Gasteiger partial charge in [0.2, 0.25) is 5.91 Å². The highest BCUT2D eigenvalue weighted by atomic mass is 31.2. The van der Waals surface area contributed by atoms with Gasteiger partial charge in [0.15, 0.2) is 0 Å². The number of rotatable bonds is 41. The van der Waals surface area contributed by atoms with Crippen molar-refractivity contribution < 1.29 is 32.9 Å². The van der Waals surface area contributed by atoms with E-state index in [9.17, 15) is 19.4 Å². The Labute approximate surface area is 340 Å². The quantitative estimate of drug-likeness (QED) is 0.0246. The lowest BCUT2D eigenvalue weighted by molar-refractivity contribution is -0.870. The lowest BCUT2D eigenvalue weighted by atomic mass is 10.1. The van der Waals surface area contributed by atoms with Gasteiger partial charge in [0, 0.05) is 6.42 Å². The van der Waals surface area contributed by atoms with Crippen molar-refractivity contribution in [3.05, 3.63) is 36.5 Å². The first-order valence-electron chi connectivity index (χ1n) is 22.9. The number of unbranched alkanes of at least 4 members (excludes halogenated alkanes) is 24. The van der Waals surface area contributed by atoms with E-state index >= 15 is 0 Å². The number of nitrogens with one attached hydrogen (secondary N) is 1. The van der Waals surface area contributed by atoms with Gasteiger partial charge in [0.1, 0.15) is 13.2 Å². The SMILES string of the molecule is CCCCCCCCC/C=C/CC/C=C/C(O)C(COP(=O)(O)OCC[N+](C)(C)C)NC(=O)CCCCCCCCC/C=C\CCCCCCCCCCC. The summed E-state index contributed by atoms with van der Waals surface area (Å²) in [6.45, 7) is 4.78. The van der Waals surface area contributed by atoms with Crippen molar-refractivity contribution in [1.29, 1.82) is 0 Å². The topological polar surface area (TPSA) is 105 Å². The van der Waals surface area contributed by atoms with E-state index in [1.54, 1.807) is 6.08 Å². The van der Waals surface area contributed by atoms with E-state index in [1.807, 2.05) is 27.2 Å². The molecule has 0 bridgehead atoms. The molecule has 3 N–H and O–H groups in total. The average Bonchev–Trinajstić information content (AvgIpc) is 3.13. The summed E-state index contributed by atoms with van der Waals surface area (Å²) in [6, 6.07) is -0.863. The third-order valence-corrected chi connectivity index (χ3v) is 11.1. The first-order chi connectivity index (χ1) is 26.5. The minimum Gasteiger partial charge on any atom is -0.387 e. The van der Waals surface area contributed by atoms with Gasteiger partial charge in [-0.05, 0) is 57.8 Å². The van der Waals surface area contributed by atoms with Crippen molar-refractivity contribution >= 4 is 13.7 Å². The smallest absolute Gasteiger partial charge is 0.387 e. The molecule has 8 nitrogen and oxygen atoms in total. The van der Waals surface area contributed by atoms with Crippen molar-refractivity contribution in [2.24, 2.45) is 0 Å². The van der Waals surface area contributed by atoms with Crippen LogP contribution in [-0.2, 0) is 18.4 Å². The fourth-order valence-corrected chi connectivity index (χ4v) is 7.14. The van der Waals surface area contributed by atoms with Crippen LogP contribution in [0.4, 0.5) is 0 Å². The van der Waals surface area contributed by atoms with Gasteiger partial charge in [-0.15, -0.1) is 0 Å². The number of hydrogen-bond donors (Lipinski definition) is 3. The fraction of sp³-hybridized carbons (Fsp3) is 0.848. The second-order valence-corrected chi connectivity index (χ2v) is 18.2. The van der Waals surface area contributed by atoms with Gasteiger partial charge in [-0.1, -0.05) is 172 Å². The first-order valence-corrected chi connectivity index (χ1v) is 24.4. The summed E-state index contributed by atoms with van der Waals surface area (Å²) < 4.78 is 23.5. The van der Waals surface area contributed by atoms with Crippen molar-refractivity contribution in [3.63, 3.8) is 0 Å². The molecule has 1 amide bonds. The van der Waals surface area contributed by atoms with Crippen molar-refractivity contribution in [1.82, 2.24) is 5.32 Å². The van der Waals surface area contributed by atoms with E-state index < -0.39 is 20.0 Å². The molecule has 0 spiro atoms. The molecule has 55 heavy (non-hydrogen) atoms. The number of phosphoric acid groups is 1. The Balaban J connectivity index is 4.39. The van der Waals surface area contributed by atoms with E-state index in [0.29, 0.717) is 17.4 Å². The molecular formula is C46H90N2O6P+. The largest absolute Gasteiger partial charge is 0.472 e. The molecule has 0 aromatic heterocycles. The molecule has 0 aliphatic carbocycles. The van der Waals surface area contributed by atoms with E-state index in [-0.39, 0.29) is 19.1 Å². The molecule has 0 heterocycles. The van der Waals surface area contributed by atoms with E-state index in [0.717, 1.165) is 38.5 Å². The number of aliphatic hydroxyl groups is 1. The zero-order valence-electron chi connectivity index (χ0n) is 36.7. The molecule has 0 aromatic rings. The molecule has 0 fully saturated rings. The third kappa shape index (κ3) is 40.7. The van der Waals surface area contributed by atoms with Gasteiger partial charge in [-0.3, -0.25) is 13.8 Å². The minimum atomic E-state index is -4.34. The van der Waals surface area contributed by atoms with Crippen molar-refractivity contribution in [2.75, 3.05) is 40.9 Å². The Kier molecular flexibility index (Phi) is 37.4. The molecule has 0 aromatic carbocycles. The van der Waals surface area contributed by atoms with Crippen molar-refractivity contribution in [2.45, 2.75) is 212 Å². The van der Waals surface area contributed by atoms with Crippen LogP contribution in [-0.4, -0.2) is 73.4 Å². The van der Waals surface area contributed by atoms with Gasteiger partial charge in [0.05, 0.1) is 39.9 Å². The number of hydrogen-bond acceptors (Lipinski definition) is 5. The van der Waals surface area contributed by atoms with Crippen LogP contribution < -0.4 is 5.32 Å². The number of nitrogens with zero attached hydrogens (tertiary/aromatic N) is 1. The predicted molar refractivity (Wildman–Crippen MR) is 235 cm³/mol. The van der Waals surface area contributed by atoms with E-state index in [2.05, 4.69) is 43.5 Å². The average molecular weight is 798 g/mol. The summed E-state index contributed by atoms with van der Waals surface area (Å²) in [4.78, 5) is 23.1. The summed E-state index contributed by atoms with van der Waals surface area (Å²) >= 11 is 0. The summed E-state index contributed by atoms with van der Waals surface area (Å²) in [7, 11) is 1.55.